The third-order valence-electron chi connectivity index (χ3n) is 4.94. The van der Waals surface area contributed by atoms with Gasteiger partial charge in [0.05, 0.1) is 39.6 Å². The predicted molar refractivity (Wildman–Crippen MR) is 129 cm³/mol. The van der Waals surface area contributed by atoms with Crippen molar-refractivity contribution in [3.05, 3.63) is 78.9 Å². The van der Waals surface area contributed by atoms with Gasteiger partial charge in [0.25, 0.3) is 0 Å². The summed E-state index contributed by atoms with van der Waals surface area (Å²) in [6.07, 6.45) is 0. The first kappa shape index (κ1) is 22.8. The summed E-state index contributed by atoms with van der Waals surface area (Å²) in [4.78, 5) is 0. The van der Waals surface area contributed by atoms with Crippen LogP contribution in [0.2, 0.25) is 0 Å². The maximum atomic E-state index is 6.19. The quantitative estimate of drug-likeness (QED) is 0.531. The van der Waals surface area contributed by atoms with Gasteiger partial charge in [0, 0.05) is 10.6 Å². The van der Waals surface area contributed by atoms with Crippen molar-refractivity contribution in [1.82, 2.24) is 0 Å². The molecule has 1 aliphatic heterocycles. The Morgan fingerprint density at radius 2 is 0.844 bits per heavy atom. The second kappa shape index (κ2) is 12.6. The molecule has 32 heavy (non-hydrogen) atoms. The smallest absolute Gasteiger partial charge is 0.127 e. The van der Waals surface area contributed by atoms with Gasteiger partial charge in [-0.05, 0) is 25.4 Å². The zero-order valence-electron chi connectivity index (χ0n) is 18.2. The molecule has 0 aromatic heterocycles. The monoisotopic (exact) mass is 452 g/mol. The van der Waals surface area contributed by atoms with E-state index in [0.29, 0.717) is 52.9 Å². The fraction of sp³-hybridized carbons (Fsp3) is 0.308. The molecule has 6 heteroatoms. The van der Waals surface area contributed by atoms with Crippen LogP contribution < -0.4 is 25.4 Å². The van der Waals surface area contributed by atoms with E-state index in [-0.39, 0.29) is 0 Å². The highest BCUT2D eigenvalue weighted by atomic mass is 31.1. The van der Waals surface area contributed by atoms with Crippen molar-refractivity contribution >= 4 is 23.8 Å². The number of fused-ring (bicyclic) bond motifs is 2. The molecule has 1 heterocycles. The second-order valence-corrected chi connectivity index (χ2v) is 9.29. The molecule has 0 radical (unpaired) electrons. The van der Waals surface area contributed by atoms with Crippen LogP contribution in [0.1, 0.15) is 0 Å². The Morgan fingerprint density at radius 1 is 0.438 bits per heavy atom. The fourth-order valence-electron chi connectivity index (χ4n) is 3.48. The first-order valence-corrected chi connectivity index (χ1v) is 12.3. The number of hydrogen-bond donors (Lipinski definition) is 0. The van der Waals surface area contributed by atoms with Gasteiger partial charge in [-0.15, -0.1) is 0 Å². The highest BCUT2D eigenvalue weighted by molar-refractivity contribution is 7.80. The summed E-state index contributed by atoms with van der Waals surface area (Å²) in [7, 11) is -0.880. The van der Waals surface area contributed by atoms with E-state index in [9.17, 15) is 0 Å². The highest BCUT2D eigenvalue weighted by Gasteiger charge is 2.23. The number of rotatable bonds is 1. The van der Waals surface area contributed by atoms with E-state index in [4.69, 9.17) is 23.7 Å². The standard InChI is InChI=1S/C26H29O5P/c1-2-8-22(9-3-1)32-25-12-6-4-10-23(25)30-20-18-28-16-14-27-15-17-29-19-21-31-24-11-5-7-13-26(24)32/h1-13H,14-21H2. The van der Waals surface area contributed by atoms with Crippen molar-refractivity contribution < 1.29 is 23.7 Å². The SMILES string of the molecule is c1ccc(P2c3ccccc3OCCOCCOCCOCCOc3ccccc32)cc1. The Kier molecular flexibility index (Phi) is 8.94. The molecule has 0 bridgehead atoms. The Morgan fingerprint density at radius 3 is 1.34 bits per heavy atom. The molecule has 0 fully saturated rings. The highest BCUT2D eigenvalue weighted by Crippen LogP contribution is 2.39. The second-order valence-electron chi connectivity index (χ2n) is 7.14. The molecule has 4 rings (SSSR count). The minimum atomic E-state index is -0.880. The molecule has 1 aliphatic rings. The molecule has 3 aromatic carbocycles. The molecule has 0 saturated carbocycles. The Hall–Kier alpha value is -2.43. The lowest BCUT2D eigenvalue weighted by Gasteiger charge is -2.24. The van der Waals surface area contributed by atoms with Crippen LogP contribution in [0.25, 0.3) is 0 Å². The average Bonchev–Trinajstić information content (AvgIpc) is 2.84. The van der Waals surface area contributed by atoms with Crippen LogP contribution in [0.5, 0.6) is 11.5 Å². The van der Waals surface area contributed by atoms with E-state index in [1.807, 2.05) is 30.3 Å². The maximum Gasteiger partial charge on any atom is 0.127 e. The van der Waals surface area contributed by atoms with Gasteiger partial charge in [-0.25, -0.2) is 0 Å². The Labute approximate surface area is 191 Å². The zero-order valence-corrected chi connectivity index (χ0v) is 19.0. The van der Waals surface area contributed by atoms with E-state index >= 15 is 0 Å². The lowest BCUT2D eigenvalue weighted by atomic mass is 10.3. The number of para-hydroxylation sites is 2. The molecule has 0 saturated heterocycles. The van der Waals surface area contributed by atoms with Crippen molar-refractivity contribution in [2.75, 3.05) is 52.9 Å². The summed E-state index contributed by atoms with van der Waals surface area (Å²) < 4.78 is 29.2. The summed E-state index contributed by atoms with van der Waals surface area (Å²) in [6, 6.07) is 27.1. The van der Waals surface area contributed by atoms with Gasteiger partial charge in [-0.2, -0.15) is 0 Å². The van der Waals surface area contributed by atoms with Gasteiger partial charge in [-0.1, -0.05) is 66.7 Å². The Bertz CT molecular complexity index is 892. The molecular formula is C26H29O5P. The van der Waals surface area contributed by atoms with Gasteiger partial charge in [0.1, 0.15) is 24.7 Å². The summed E-state index contributed by atoms with van der Waals surface area (Å²) in [6.45, 7) is 4.16. The van der Waals surface area contributed by atoms with Gasteiger partial charge < -0.3 is 23.7 Å². The molecule has 0 unspecified atom stereocenters. The average molecular weight is 452 g/mol. The van der Waals surface area contributed by atoms with Gasteiger partial charge in [-0.3, -0.25) is 0 Å². The van der Waals surface area contributed by atoms with Gasteiger partial charge in [0.2, 0.25) is 0 Å². The van der Waals surface area contributed by atoms with Crippen LogP contribution >= 0.6 is 7.92 Å². The zero-order chi connectivity index (χ0) is 21.8. The molecule has 0 atom stereocenters. The molecule has 3 aromatic rings. The maximum absolute atomic E-state index is 6.19. The fourth-order valence-corrected chi connectivity index (χ4v) is 5.95. The van der Waals surface area contributed by atoms with Crippen LogP contribution in [0.15, 0.2) is 78.9 Å². The molecular weight excluding hydrogens is 423 g/mol. The van der Waals surface area contributed by atoms with Gasteiger partial charge >= 0.3 is 0 Å². The van der Waals surface area contributed by atoms with Crippen LogP contribution in [-0.2, 0) is 14.2 Å². The van der Waals surface area contributed by atoms with Crippen molar-refractivity contribution in [3.8, 4) is 11.5 Å². The van der Waals surface area contributed by atoms with Crippen LogP contribution in [-0.4, -0.2) is 52.9 Å². The van der Waals surface area contributed by atoms with Crippen LogP contribution in [0.4, 0.5) is 0 Å². The molecule has 168 valence electrons. The number of benzene rings is 3. The minimum Gasteiger partial charge on any atom is -0.490 e. The van der Waals surface area contributed by atoms with Crippen molar-refractivity contribution in [2.24, 2.45) is 0 Å². The molecule has 0 aliphatic carbocycles. The third kappa shape index (κ3) is 6.30. The largest absolute Gasteiger partial charge is 0.490 e. The van der Waals surface area contributed by atoms with E-state index in [1.165, 1.54) is 5.30 Å². The van der Waals surface area contributed by atoms with Crippen LogP contribution in [0, 0.1) is 0 Å². The lowest BCUT2D eigenvalue weighted by molar-refractivity contribution is 0.00506. The van der Waals surface area contributed by atoms with Crippen LogP contribution in [0.3, 0.4) is 0 Å². The molecule has 0 amide bonds. The first-order chi connectivity index (χ1) is 15.9. The third-order valence-corrected chi connectivity index (χ3v) is 7.46. The molecule has 0 N–H and O–H groups in total. The van der Waals surface area contributed by atoms with Crippen molar-refractivity contribution in [2.45, 2.75) is 0 Å². The van der Waals surface area contributed by atoms with E-state index in [1.54, 1.807) is 0 Å². The summed E-state index contributed by atoms with van der Waals surface area (Å²) >= 11 is 0. The van der Waals surface area contributed by atoms with E-state index in [0.717, 1.165) is 22.1 Å². The topological polar surface area (TPSA) is 46.2 Å². The Balaban J connectivity index is 1.70. The van der Waals surface area contributed by atoms with E-state index < -0.39 is 7.92 Å². The van der Waals surface area contributed by atoms with Crippen molar-refractivity contribution in [1.29, 1.82) is 0 Å². The van der Waals surface area contributed by atoms with Crippen molar-refractivity contribution in [3.63, 3.8) is 0 Å². The first-order valence-electron chi connectivity index (χ1n) is 11.0. The summed E-state index contributed by atoms with van der Waals surface area (Å²) in [5, 5.41) is 3.56. The number of hydrogen-bond acceptors (Lipinski definition) is 5. The molecule has 5 nitrogen and oxygen atoms in total. The predicted octanol–water partition coefficient (Wildman–Crippen LogP) is 3.27. The minimum absolute atomic E-state index is 0.482. The summed E-state index contributed by atoms with van der Waals surface area (Å²) in [5.74, 6) is 1.75. The summed E-state index contributed by atoms with van der Waals surface area (Å²) in [5.41, 5.74) is 0. The number of ether oxygens (including phenoxy) is 5. The normalized spacial score (nSPS) is 17.0. The molecule has 0 spiro atoms. The lowest BCUT2D eigenvalue weighted by Crippen LogP contribution is -2.25. The van der Waals surface area contributed by atoms with Gasteiger partial charge in [0.15, 0.2) is 0 Å². The van der Waals surface area contributed by atoms with E-state index in [2.05, 4.69) is 48.5 Å².